The van der Waals surface area contributed by atoms with Crippen LogP contribution in [0.25, 0.3) is 0 Å². The Bertz CT molecular complexity index is 786. The van der Waals surface area contributed by atoms with E-state index < -0.39 is 17.3 Å². The monoisotopic (exact) mass is 471 g/mol. The summed E-state index contributed by atoms with van der Waals surface area (Å²) in [5, 5.41) is 20.9. The molecule has 1 aromatic rings. The van der Waals surface area contributed by atoms with Gasteiger partial charge in [-0.1, -0.05) is 69.6 Å². The number of carboxylic acid groups (broad SMARTS) is 1. The predicted molar refractivity (Wildman–Crippen MR) is 127 cm³/mol. The Hall–Kier alpha value is -2.24. The number of benzene rings is 1. The van der Waals surface area contributed by atoms with Gasteiger partial charge in [0.15, 0.2) is 6.61 Å². The maximum absolute atomic E-state index is 13.3. The fourth-order valence-corrected chi connectivity index (χ4v) is 7.05. The van der Waals surface area contributed by atoms with Gasteiger partial charge in [-0.05, 0) is 68.4 Å². The molecule has 0 radical (unpaired) electrons. The molecule has 188 valence electrons. The summed E-state index contributed by atoms with van der Waals surface area (Å²) in [6, 6.07) is 3.77. The van der Waals surface area contributed by atoms with Gasteiger partial charge < -0.3 is 19.7 Å². The highest BCUT2D eigenvalue weighted by atomic mass is 16.6. The first-order valence-electron chi connectivity index (χ1n) is 13.4. The van der Waals surface area contributed by atoms with Crippen molar-refractivity contribution in [3.63, 3.8) is 0 Å². The van der Waals surface area contributed by atoms with E-state index in [1.165, 1.54) is 76.0 Å². The number of ether oxygens (including phenoxy) is 2. The first-order chi connectivity index (χ1) is 16.5. The van der Waals surface area contributed by atoms with Crippen molar-refractivity contribution in [2.45, 2.75) is 102 Å². The molecule has 6 nitrogen and oxygen atoms in total. The highest BCUT2D eigenvalue weighted by Gasteiger charge is 2.53. The Kier molecular flexibility index (Phi) is 8.38. The molecular formula is C28H39O6-. The summed E-state index contributed by atoms with van der Waals surface area (Å²) in [7, 11) is 0. The average Bonchev–Trinajstić information content (AvgIpc) is 2.88. The summed E-state index contributed by atoms with van der Waals surface area (Å²) in [6.07, 6.45) is 17.8. The van der Waals surface area contributed by atoms with Gasteiger partial charge >= 0.3 is 11.9 Å². The van der Waals surface area contributed by atoms with Crippen LogP contribution in [0.5, 0.6) is 11.5 Å². The van der Waals surface area contributed by atoms with Crippen molar-refractivity contribution in [1.82, 2.24) is 0 Å². The summed E-state index contributed by atoms with van der Waals surface area (Å²) in [6.45, 7) is -0.273. The second kappa shape index (κ2) is 11.5. The first-order valence-corrected chi connectivity index (χ1v) is 13.4. The van der Waals surface area contributed by atoms with Crippen LogP contribution < -0.4 is 9.84 Å². The van der Waals surface area contributed by atoms with Crippen molar-refractivity contribution in [3.05, 3.63) is 23.8 Å². The fraction of sp³-hybridized carbons (Fsp3) is 0.714. The second-order valence-corrected chi connectivity index (χ2v) is 10.6. The van der Waals surface area contributed by atoms with E-state index in [2.05, 4.69) is 0 Å². The molecule has 4 rings (SSSR count). The lowest BCUT2D eigenvalue weighted by Crippen LogP contribution is -2.56. The molecule has 1 aromatic carbocycles. The third-order valence-corrected chi connectivity index (χ3v) is 8.56. The lowest BCUT2D eigenvalue weighted by molar-refractivity contribution is -0.268. The largest absolute Gasteiger partial charge is 0.872 e. The molecule has 0 saturated heterocycles. The van der Waals surface area contributed by atoms with Crippen molar-refractivity contribution in [2.75, 3.05) is 6.61 Å². The van der Waals surface area contributed by atoms with E-state index >= 15 is 0 Å². The Morgan fingerprint density at radius 2 is 1.29 bits per heavy atom. The van der Waals surface area contributed by atoms with Gasteiger partial charge in [0, 0.05) is 0 Å². The normalized spacial score (nSPS) is 21.2. The van der Waals surface area contributed by atoms with Crippen molar-refractivity contribution in [2.24, 2.45) is 17.8 Å². The smallest absolute Gasteiger partial charge is 0.344 e. The molecule has 0 atom stereocenters. The molecule has 6 heteroatoms. The molecule has 34 heavy (non-hydrogen) atoms. The van der Waals surface area contributed by atoms with Crippen LogP contribution in [0.3, 0.4) is 0 Å². The van der Waals surface area contributed by atoms with Crippen LogP contribution in [-0.2, 0) is 9.53 Å². The quantitative estimate of drug-likeness (QED) is 0.477. The lowest BCUT2D eigenvalue weighted by Gasteiger charge is -2.53. The molecule has 3 aliphatic rings. The highest BCUT2D eigenvalue weighted by Crippen LogP contribution is 2.52. The molecule has 0 bridgehead atoms. The zero-order chi connectivity index (χ0) is 24.0. The molecule has 3 aliphatic carbocycles. The van der Waals surface area contributed by atoms with Crippen LogP contribution in [0.15, 0.2) is 18.2 Å². The standard InChI is InChI=1S/C28H40O6/c29-25-17-16-23(18-24(25)27(31)32)33-19-26(30)34-28(20-10-4-1-5-11-20,21-12-6-2-7-13-21)22-14-8-3-9-15-22/h16-18,20-22,29H,1-15,19H2,(H,31,32)/p-1. The Morgan fingerprint density at radius 3 is 1.74 bits per heavy atom. The maximum atomic E-state index is 13.3. The number of carbonyl (C=O) groups excluding carboxylic acids is 1. The van der Waals surface area contributed by atoms with E-state index in [9.17, 15) is 19.8 Å². The van der Waals surface area contributed by atoms with Crippen molar-refractivity contribution in [3.8, 4) is 11.5 Å². The topological polar surface area (TPSA) is 95.9 Å². The van der Waals surface area contributed by atoms with Crippen LogP contribution in [0.4, 0.5) is 0 Å². The number of carbonyl (C=O) groups is 2. The summed E-state index contributed by atoms with van der Waals surface area (Å²) < 4.78 is 12.3. The van der Waals surface area contributed by atoms with Gasteiger partial charge in [0.05, 0.1) is 5.56 Å². The van der Waals surface area contributed by atoms with Crippen molar-refractivity contribution < 1.29 is 29.3 Å². The maximum Gasteiger partial charge on any atom is 0.344 e. The minimum Gasteiger partial charge on any atom is -0.872 e. The van der Waals surface area contributed by atoms with Gasteiger partial charge in [-0.2, -0.15) is 0 Å². The lowest BCUT2D eigenvalue weighted by atomic mass is 9.58. The van der Waals surface area contributed by atoms with Gasteiger partial charge in [0.1, 0.15) is 11.4 Å². The fourth-order valence-electron chi connectivity index (χ4n) is 7.05. The number of aromatic carboxylic acids is 1. The molecule has 0 unspecified atom stereocenters. The summed E-state index contributed by atoms with van der Waals surface area (Å²) in [4.78, 5) is 24.6. The SMILES string of the molecule is O=C(COc1ccc([O-])c(C(=O)O)c1)OC(C1CCCCC1)(C1CCCCC1)C1CCCCC1. The third kappa shape index (κ3) is 5.52. The number of esters is 1. The molecule has 0 heterocycles. The van der Waals surface area contributed by atoms with Gasteiger partial charge in [0.25, 0.3) is 0 Å². The number of carboxylic acids is 1. The minimum atomic E-state index is -1.30. The van der Waals surface area contributed by atoms with Gasteiger partial charge in [-0.15, -0.1) is 0 Å². The first kappa shape index (κ1) is 24.9. The zero-order valence-corrected chi connectivity index (χ0v) is 20.3. The van der Waals surface area contributed by atoms with Gasteiger partial charge in [0.2, 0.25) is 0 Å². The Morgan fingerprint density at radius 1 is 0.824 bits per heavy atom. The Balaban J connectivity index is 1.56. The van der Waals surface area contributed by atoms with E-state index in [1.807, 2.05) is 0 Å². The molecule has 0 amide bonds. The van der Waals surface area contributed by atoms with Crippen LogP contribution >= 0.6 is 0 Å². The van der Waals surface area contributed by atoms with E-state index in [1.54, 1.807) is 0 Å². The molecule has 1 N–H and O–H groups in total. The molecular weight excluding hydrogens is 432 g/mol. The summed E-state index contributed by atoms with van der Waals surface area (Å²) in [5.74, 6) is -0.811. The summed E-state index contributed by atoms with van der Waals surface area (Å²) >= 11 is 0. The second-order valence-electron chi connectivity index (χ2n) is 10.6. The predicted octanol–water partition coefficient (Wildman–Crippen LogP) is 5.86. The van der Waals surface area contributed by atoms with Crippen LogP contribution in [0, 0.1) is 17.8 Å². The van der Waals surface area contributed by atoms with Gasteiger partial charge in [-0.25, -0.2) is 9.59 Å². The van der Waals surface area contributed by atoms with Crippen molar-refractivity contribution >= 4 is 11.9 Å². The molecule has 0 aromatic heterocycles. The van der Waals surface area contributed by atoms with E-state index in [0.717, 1.165) is 38.5 Å². The van der Waals surface area contributed by atoms with Gasteiger partial charge in [-0.3, -0.25) is 0 Å². The number of hydrogen-bond donors (Lipinski definition) is 1. The van der Waals surface area contributed by atoms with E-state index in [-0.39, 0.29) is 23.9 Å². The van der Waals surface area contributed by atoms with Crippen LogP contribution in [0.2, 0.25) is 0 Å². The van der Waals surface area contributed by atoms with E-state index in [4.69, 9.17) is 9.47 Å². The van der Waals surface area contributed by atoms with Crippen molar-refractivity contribution in [1.29, 1.82) is 0 Å². The van der Waals surface area contributed by atoms with Crippen LogP contribution in [-0.4, -0.2) is 29.3 Å². The molecule has 0 spiro atoms. The van der Waals surface area contributed by atoms with Crippen LogP contribution in [0.1, 0.15) is 107 Å². The molecule has 0 aliphatic heterocycles. The molecule has 3 fully saturated rings. The average molecular weight is 472 g/mol. The minimum absolute atomic E-state index is 0.201. The third-order valence-electron chi connectivity index (χ3n) is 8.56. The number of rotatable bonds is 8. The molecule has 3 saturated carbocycles. The Labute approximate surface area is 203 Å². The number of hydrogen-bond acceptors (Lipinski definition) is 5. The highest BCUT2D eigenvalue weighted by molar-refractivity contribution is 5.91. The zero-order valence-electron chi connectivity index (χ0n) is 20.3. The van der Waals surface area contributed by atoms with E-state index in [0.29, 0.717) is 17.8 Å². The summed E-state index contributed by atoms with van der Waals surface area (Å²) in [5.41, 5.74) is -0.765.